The van der Waals surface area contributed by atoms with Gasteiger partial charge < -0.3 is 4.98 Å². The Morgan fingerprint density at radius 1 is 0.929 bits per heavy atom. The molecule has 3 aromatic carbocycles. The molecule has 0 radical (unpaired) electrons. The number of fused-ring (bicyclic) bond motifs is 2. The molecular formula is C22H15F2N4+. The number of halogens is 2. The number of H-pyrrole nitrogens is 1. The lowest BCUT2D eigenvalue weighted by Gasteiger charge is -2.00. The van der Waals surface area contributed by atoms with Crippen molar-refractivity contribution in [1.82, 2.24) is 15.1 Å². The van der Waals surface area contributed by atoms with E-state index in [9.17, 15) is 8.78 Å². The molecule has 0 saturated carbocycles. The quantitative estimate of drug-likeness (QED) is 0.477. The summed E-state index contributed by atoms with van der Waals surface area (Å²) >= 11 is 0. The van der Waals surface area contributed by atoms with Crippen LogP contribution in [0, 0.1) is 11.6 Å². The minimum Gasteiger partial charge on any atom is -0.333 e. The SMILES string of the molecule is Fc1cccc(-c2nc3cn[n+](Cc4ccc5ccccc5c4)cc3[nH]2)c1F. The Labute approximate surface area is 159 Å². The third kappa shape index (κ3) is 2.89. The zero-order valence-electron chi connectivity index (χ0n) is 14.7. The van der Waals surface area contributed by atoms with Gasteiger partial charge in [0, 0.05) is 5.56 Å². The van der Waals surface area contributed by atoms with E-state index in [2.05, 4.69) is 45.4 Å². The lowest BCUT2D eigenvalue weighted by molar-refractivity contribution is -0.745. The molecule has 4 nitrogen and oxygen atoms in total. The maximum atomic E-state index is 14.1. The molecule has 0 fully saturated rings. The third-order valence-electron chi connectivity index (χ3n) is 4.73. The van der Waals surface area contributed by atoms with Gasteiger partial charge in [-0.15, -0.1) is 0 Å². The summed E-state index contributed by atoms with van der Waals surface area (Å²) in [5.74, 6) is -1.54. The average Bonchev–Trinajstić information content (AvgIpc) is 3.13. The molecule has 2 heterocycles. The summed E-state index contributed by atoms with van der Waals surface area (Å²) in [4.78, 5) is 7.39. The second-order valence-electron chi connectivity index (χ2n) is 6.64. The summed E-state index contributed by atoms with van der Waals surface area (Å²) in [5.41, 5.74) is 2.51. The predicted octanol–water partition coefficient (Wildman–Crippen LogP) is 4.39. The number of nitrogens with zero attached hydrogens (tertiary/aromatic N) is 3. The predicted molar refractivity (Wildman–Crippen MR) is 102 cm³/mol. The minimum absolute atomic E-state index is 0.0947. The van der Waals surface area contributed by atoms with E-state index in [0.29, 0.717) is 17.6 Å². The lowest BCUT2D eigenvalue weighted by Crippen LogP contribution is -2.37. The van der Waals surface area contributed by atoms with Crippen molar-refractivity contribution in [3.05, 3.63) is 90.3 Å². The van der Waals surface area contributed by atoms with E-state index < -0.39 is 11.6 Å². The van der Waals surface area contributed by atoms with Gasteiger partial charge in [0.2, 0.25) is 6.20 Å². The van der Waals surface area contributed by atoms with Crippen molar-refractivity contribution < 1.29 is 13.5 Å². The fourth-order valence-corrected chi connectivity index (χ4v) is 3.33. The Hall–Kier alpha value is -3.67. The van der Waals surface area contributed by atoms with Crippen LogP contribution in [0.3, 0.4) is 0 Å². The normalized spacial score (nSPS) is 11.4. The fourth-order valence-electron chi connectivity index (χ4n) is 3.33. The number of aromatic amines is 1. The highest BCUT2D eigenvalue weighted by atomic mass is 19.2. The second kappa shape index (κ2) is 6.49. The van der Waals surface area contributed by atoms with Gasteiger partial charge in [0.15, 0.2) is 18.2 Å². The monoisotopic (exact) mass is 373 g/mol. The van der Waals surface area contributed by atoms with Gasteiger partial charge in [-0.05, 0) is 34.1 Å². The first kappa shape index (κ1) is 16.5. The zero-order valence-corrected chi connectivity index (χ0v) is 14.7. The largest absolute Gasteiger partial charge is 0.333 e. The Morgan fingerprint density at radius 3 is 2.68 bits per heavy atom. The molecule has 0 unspecified atom stereocenters. The van der Waals surface area contributed by atoms with Crippen LogP contribution in [-0.4, -0.2) is 15.1 Å². The number of aromatic nitrogens is 4. The molecule has 0 atom stereocenters. The Kier molecular flexibility index (Phi) is 3.83. The number of benzene rings is 3. The molecule has 0 amide bonds. The molecule has 0 aliphatic heterocycles. The fraction of sp³-hybridized carbons (Fsp3) is 0.0455. The molecule has 0 aliphatic carbocycles. The van der Waals surface area contributed by atoms with Gasteiger partial charge in [-0.25, -0.2) is 13.8 Å². The molecule has 6 heteroatoms. The lowest BCUT2D eigenvalue weighted by atomic mass is 10.1. The average molecular weight is 373 g/mol. The van der Waals surface area contributed by atoms with E-state index >= 15 is 0 Å². The van der Waals surface area contributed by atoms with Crippen LogP contribution in [-0.2, 0) is 6.54 Å². The highest BCUT2D eigenvalue weighted by Gasteiger charge is 2.16. The van der Waals surface area contributed by atoms with E-state index in [4.69, 9.17) is 0 Å². The summed E-state index contributed by atoms with van der Waals surface area (Å²) in [6.07, 6.45) is 3.44. The smallest absolute Gasteiger partial charge is 0.222 e. The second-order valence-corrected chi connectivity index (χ2v) is 6.64. The molecule has 0 aliphatic rings. The van der Waals surface area contributed by atoms with Crippen molar-refractivity contribution >= 4 is 21.8 Å². The molecule has 5 aromatic rings. The highest BCUT2D eigenvalue weighted by molar-refractivity contribution is 5.83. The van der Waals surface area contributed by atoms with Crippen LogP contribution in [0.15, 0.2) is 73.1 Å². The van der Waals surface area contributed by atoms with E-state index in [1.165, 1.54) is 22.9 Å². The Bertz CT molecular complexity index is 1330. The maximum absolute atomic E-state index is 14.1. The van der Waals surface area contributed by atoms with Gasteiger partial charge in [0.25, 0.3) is 0 Å². The van der Waals surface area contributed by atoms with Gasteiger partial charge in [0.1, 0.15) is 23.1 Å². The number of hydrogen-bond acceptors (Lipinski definition) is 2. The highest BCUT2D eigenvalue weighted by Crippen LogP contribution is 2.23. The Morgan fingerprint density at radius 2 is 1.79 bits per heavy atom. The molecule has 136 valence electrons. The maximum Gasteiger partial charge on any atom is 0.222 e. The molecular weight excluding hydrogens is 358 g/mol. The third-order valence-corrected chi connectivity index (χ3v) is 4.73. The summed E-state index contributed by atoms with van der Waals surface area (Å²) in [6.45, 7) is 0.587. The van der Waals surface area contributed by atoms with E-state index in [1.807, 2.05) is 18.3 Å². The van der Waals surface area contributed by atoms with Crippen LogP contribution in [0.2, 0.25) is 0 Å². The van der Waals surface area contributed by atoms with Gasteiger partial charge in [-0.3, -0.25) is 0 Å². The Balaban J connectivity index is 1.50. The molecule has 28 heavy (non-hydrogen) atoms. The van der Waals surface area contributed by atoms with Gasteiger partial charge >= 0.3 is 0 Å². The first-order chi connectivity index (χ1) is 13.7. The van der Waals surface area contributed by atoms with Gasteiger partial charge in [0.05, 0.1) is 5.56 Å². The van der Waals surface area contributed by atoms with Crippen molar-refractivity contribution in [2.75, 3.05) is 0 Å². The van der Waals surface area contributed by atoms with Crippen LogP contribution < -0.4 is 4.68 Å². The van der Waals surface area contributed by atoms with Gasteiger partial charge in [-0.2, -0.15) is 0 Å². The van der Waals surface area contributed by atoms with E-state index in [0.717, 1.165) is 11.6 Å². The molecule has 5 rings (SSSR count). The molecule has 0 spiro atoms. The van der Waals surface area contributed by atoms with Crippen LogP contribution >= 0.6 is 0 Å². The summed E-state index contributed by atoms with van der Waals surface area (Å²) < 4.78 is 29.3. The topological polar surface area (TPSA) is 45.5 Å². The number of rotatable bonds is 3. The summed E-state index contributed by atoms with van der Waals surface area (Å²) in [6, 6.07) is 18.5. The number of imidazole rings is 1. The van der Waals surface area contributed by atoms with Crippen LogP contribution in [0.1, 0.15) is 5.56 Å². The van der Waals surface area contributed by atoms with E-state index in [1.54, 1.807) is 10.9 Å². The number of hydrogen-bond donors (Lipinski definition) is 1. The van der Waals surface area contributed by atoms with Crippen molar-refractivity contribution in [3.8, 4) is 11.4 Å². The summed E-state index contributed by atoms with van der Waals surface area (Å²) in [5, 5.41) is 6.76. The molecule has 2 aromatic heterocycles. The standard InChI is InChI=1S/C22H14F2N4/c23-18-7-3-6-17(21(18)24)22-26-19-11-25-28(13-20(19)27-22)12-14-8-9-15-4-1-2-5-16(15)10-14/h1-11,13H,12H2/p+1. The first-order valence-electron chi connectivity index (χ1n) is 8.85. The van der Waals surface area contributed by atoms with E-state index in [-0.39, 0.29) is 11.4 Å². The zero-order chi connectivity index (χ0) is 19.1. The number of nitrogens with one attached hydrogen (secondary N) is 1. The van der Waals surface area contributed by atoms with Crippen LogP contribution in [0.25, 0.3) is 33.2 Å². The van der Waals surface area contributed by atoms with Crippen LogP contribution in [0.5, 0.6) is 0 Å². The van der Waals surface area contributed by atoms with Crippen molar-refractivity contribution in [3.63, 3.8) is 0 Å². The molecule has 1 N–H and O–H groups in total. The molecule has 0 saturated heterocycles. The van der Waals surface area contributed by atoms with Crippen molar-refractivity contribution in [1.29, 1.82) is 0 Å². The van der Waals surface area contributed by atoms with Gasteiger partial charge in [-0.1, -0.05) is 47.1 Å². The van der Waals surface area contributed by atoms with Crippen molar-refractivity contribution in [2.45, 2.75) is 6.54 Å². The summed E-state index contributed by atoms with van der Waals surface area (Å²) in [7, 11) is 0. The van der Waals surface area contributed by atoms with Crippen LogP contribution in [0.4, 0.5) is 8.78 Å². The minimum atomic E-state index is -0.918. The van der Waals surface area contributed by atoms with Crippen molar-refractivity contribution in [2.24, 2.45) is 0 Å². The first-order valence-corrected chi connectivity index (χ1v) is 8.85. The molecule has 0 bridgehead atoms.